The SMILES string of the molecule is C[C@H](SCc1ccccc1)C(=O)N1CCN(C(c2ccccc2)c2ccccc2)CC1. The lowest BCUT2D eigenvalue weighted by atomic mass is 9.96. The van der Waals surface area contributed by atoms with Gasteiger partial charge in [-0.1, -0.05) is 91.0 Å². The fourth-order valence-corrected chi connectivity index (χ4v) is 5.14. The lowest BCUT2D eigenvalue weighted by Gasteiger charge is -2.40. The molecule has 4 heteroatoms. The highest BCUT2D eigenvalue weighted by atomic mass is 32.2. The number of amides is 1. The minimum Gasteiger partial charge on any atom is -0.339 e. The Bertz CT molecular complexity index is 901. The fourth-order valence-electron chi connectivity index (χ4n) is 4.21. The van der Waals surface area contributed by atoms with Gasteiger partial charge in [-0.2, -0.15) is 0 Å². The molecule has 160 valence electrons. The molecular weight excluding hydrogens is 400 g/mol. The van der Waals surface area contributed by atoms with Crippen molar-refractivity contribution in [2.45, 2.75) is 24.0 Å². The second kappa shape index (κ2) is 10.7. The minimum absolute atomic E-state index is 0.0224. The summed E-state index contributed by atoms with van der Waals surface area (Å²) in [4.78, 5) is 17.6. The molecule has 0 aromatic heterocycles. The quantitative estimate of drug-likeness (QED) is 0.512. The molecule has 1 fully saturated rings. The van der Waals surface area contributed by atoms with Crippen LogP contribution in [0, 0.1) is 0 Å². The average Bonchev–Trinajstić information content (AvgIpc) is 2.85. The topological polar surface area (TPSA) is 23.6 Å². The second-order valence-corrected chi connectivity index (χ2v) is 9.35. The molecule has 3 nitrogen and oxygen atoms in total. The van der Waals surface area contributed by atoms with Crippen molar-refractivity contribution >= 4 is 17.7 Å². The van der Waals surface area contributed by atoms with Gasteiger partial charge >= 0.3 is 0 Å². The molecule has 1 heterocycles. The normalized spacial score (nSPS) is 15.7. The number of nitrogens with zero attached hydrogens (tertiary/aromatic N) is 2. The van der Waals surface area contributed by atoms with Gasteiger partial charge in [-0.3, -0.25) is 9.69 Å². The van der Waals surface area contributed by atoms with E-state index in [0.29, 0.717) is 0 Å². The third-order valence-corrected chi connectivity index (χ3v) is 7.11. The lowest BCUT2D eigenvalue weighted by Crippen LogP contribution is -2.51. The van der Waals surface area contributed by atoms with Crippen LogP contribution in [0.5, 0.6) is 0 Å². The molecule has 1 amide bonds. The summed E-state index contributed by atoms with van der Waals surface area (Å²) < 4.78 is 0. The van der Waals surface area contributed by atoms with Crippen LogP contribution in [-0.2, 0) is 10.5 Å². The predicted molar refractivity (Wildman–Crippen MR) is 130 cm³/mol. The van der Waals surface area contributed by atoms with Gasteiger partial charge in [0.1, 0.15) is 0 Å². The molecule has 0 unspecified atom stereocenters. The van der Waals surface area contributed by atoms with Crippen molar-refractivity contribution < 1.29 is 4.79 Å². The van der Waals surface area contributed by atoms with Gasteiger partial charge in [0.2, 0.25) is 5.91 Å². The highest BCUT2D eigenvalue weighted by Gasteiger charge is 2.29. The standard InChI is InChI=1S/C27H30N2OS/c1-22(31-21-23-11-5-2-6-12-23)27(30)29-19-17-28(18-20-29)26(24-13-7-3-8-14-24)25-15-9-4-10-16-25/h2-16,22,26H,17-21H2,1H3/t22-/m0/s1. The lowest BCUT2D eigenvalue weighted by molar-refractivity contribution is -0.132. The van der Waals surface area contributed by atoms with Gasteiger partial charge in [0.05, 0.1) is 11.3 Å². The summed E-state index contributed by atoms with van der Waals surface area (Å²) in [5, 5.41) is -0.0224. The van der Waals surface area contributed by atoms with E-state index >= 15 is 0 Å². The number of hydrogen-bond acceptors (Lipinski definition) is 3. The first-order valence-corrected chi connectivity index (χ1v) is 12.1. The van der Waals surface area contributed by atoms with E-state index in [-0.39, 0.29) is 17.2 Å². The van der Waals surface area contributed by atoms with Crippen LogP contribution in [0.4, 0.5) is 0 Å². The van der Waals surface area contributed by atoms with Crippen LogP contribution in [-0.4, -0.2) is 47.1 Å². The molecular formula is C27H30N2OS. The van der Waals surface area contributed by atoms with Crippen LogP contribution < -0.4 is 0 Å². The zero-order valence-corrected chi connectivity index (χ0v) is 18.9. The fraction of sp³-hybridized carbons (Fsp3) is 0.296. The summed E-state index contributed by atoms with van der Waals surface area (Å²) in [7, 11) is 0. The Morgan fingerprint density at radius 2 is 1.26 bits per heavy atom. The maximum absolute atomic E-state index is 13.0. The van der Waals surface area contributed by atoms with Crippen LogP contribution in [0.25, 0.3) is 0 Å². The molecule has 1 aliphatic heterocycles. The third kappa shape index (κ3) is 5.57. The number of piperazine rings is 1. The summed E-state index contributed by atoms with van der Waals surface area (Å²) >= 11 is 1.73. The molecule has 31 heavy (non-hydrogen) atoms. The van der Waals surface area contributed by atoms with E-state index in [0.717, 1.165) is 31.9 Å². The second-order valence-electron chi connectivity index (χ2n) is 8.02. The van der Waals surface area contributed by atoms with E-state index in [9.17, 15) is 4.79 Å². The summed E-state index contributed by atoms with van der Waals surface area (Å²) in [5.74, 6) is 1.13. The van der Waals surface area contributed by atoms with Crippen molar-refractivity contribution in [2.24, 2.45) is 0 Å². The van der Waals surface area contributed by atoms with E-state index in [4.69, 9.17) is 0 Å². The number of carbonyl (C=O) groups is 1. The van der Waals surface area contributed by atoms with E-state index in [1.54, 1.807) is 11.8 Å². The number of rotatable bonds is 7. The first-order valence-electron chi connectivity index (χ1n) is 11.0. The molecule has 4 rings (SSSR count). The molecule has 0 spiro atoms. The Morgan fingerprint density at radius 3 is 1.77 bits per heavy atom. The van der Waals surface area contributed by atoms with Crippen molar-refractivity contribution in [3.05, 3.63) is 108 Å². The van der Waals surface area contributed by atoms with Gasteiger partial charge in [-0.05, 0) is 23.6 Å². The van der Waals surface area contributed by atoms with Gasteiger partial charge in [-0.15, -0.1) is 11.8 Å². The molecule has 3 aromatic carbocycles. The Morgan fingerprint density at radius 1 is 0.774 bits per heavy atom. The first-order chi connectivity index (χ1) is 15.2. The Labute approximate surface area is 190 Å². The van der Waals surface area contributed by atoms with Crippen LogP contribution in [0.2, 0.25) is 0 Å². The molecule has 0 saturated carbocycles. The van der Waals surface area contributed by atoms with E-state index in [1.165, 1.54) is 16.7 Å². The first kappa shape index (κ1) is 21.7. The van der Waals surface area contributed by atoms with E-state index in [1.807, 2.05) is 17.9 Å². The molecule has 3 aromatic rings. The van der Waals surface area contributed by atoms with Crippen molar-refractivity contribution in [3.63, 3.8) is 0 Å². The van der Waals surface area contributed by atoms with Gasteiger partial charge < -0.3 is 4.90 Å². The van der Waals surface area contributed by atoms with Crippen molar-refractivity contribution in [2.75, 3.05) is 26.2 Å². The summed E-state index contributed by atoms with van der Waals surface area (Å²) in [6, 6.07) is 32.0. The molecule has 1 atom stereocenters. The predicted octanol–water partition coefficient (Wildman–Crippen LogP) is 5.24. The van der Waals surface area contributed by atoms with E-state index < -0.39 is 0 Å². The maximum Gasteiger partial charge on any atom is 0.235 e. The molecule has 0 N–H and O–H groups in total. The highest BCUT2D eigenvalue weighted by molar-refractivity contribution is 7.99. The number of carbonyl (C=O) groups excluding carboxylic acids is 1. The smallest absolute Gasteiger partial charge is 0.235 e. The average molecular weight is 431 g/mol. The van der Waals surface area contributed by atoms with Crippen molar-refractivity contribution in [1.29, 1.82) is 0 Å². The number of benzene rings is 3. The molecule has 0 bridgehead atoms. The van der Waals surface area contributed by atoms with Gasteiger partial charge in [0.25, 0.3) is 0 Å². The van der Waals surface area contributed by atoms with Gasteiger partial charge in [0.15, 0.2) is 0 Å². The molecule has 1 aliphatic rings. The summed E-state index contributed by atoms with van der Waals surface area (Å²) in [6.07, 6.45) is 0. The Balaban J connectivity index is 1.38. The number of hydrogen-bond donors (Lipinski definition) is 0. The Kier molecular flexibility index (Phi) is 7.44. The Hall–Kier alpha value is -2.56. The van der Waals surface area contributed by atoms with Crippen LogP contribution in [0.3, 0.4) is 0 Å². The van der Waals surface area contributed by atoms with E-state index in [2.05, 4.69) is 89.8 Å². The van der Waals surface area contributed by atoms with Crippen LogP contribution >= 0.6 is 11.8 Å². The molecule has 0 radical (unpaired) electrons. The maximum atomic E-state index is 13.0. The molecule has 0 aliphatic carbocycles. The zero-order chi connectivity index (χ0) is 21.5. The van der Waals surface area contributed by atoms with Crippen LogP contribution in [0.1, 0.15) is 29.7 Å². The third-order valence-electron chi connectivity index (χ3n) is 5.91. The number of thioether (sulfide) groups is 1. The monoisotopic (exact) mass is 430 g/mol. The minimum atomic E-state index is -0.0224. The van der Waals surface area contributed by atoms with Gasteiger partial charge in [0, 0.05) is 31.9 Å². The zero-order valence-electron chi connectivity index (χ0n) is 18.1. The van der Waals surface area contributed by atoms with Crippen molar-refractivity contribution in [3.8, 4) is 0 Å². The van der Waals surface area contributed by atoms with Gasteiger partial charge in [-0.25, -0.2) is 0 Å². The summed E-state index contributed by atoms with van der Waals surface area (Å²) in [6.45, 7) is 5.38. The van der Waals surface area contributed by atoms with Crippen molar-refractivity contribution in [1.82, 2.24) is 9.80 Å². The highest BCUT2D eigenvalue weighted by Crippen LogP contribution is 2.30. The van der Waals surface area contributed by atoms with Crippen LogP contribution in [0.15, 0.2) is 91.0 Å². The molecule has 1 saturated heterocycles. The largest absolute Gasteiger partial charge is 0.339 e. The summed E-state index contributed by atoms with van der Waals surface area (Å²) in [5.41, 5.74) is 3.88.